The van der Waals surface area contributed by atoms with Gasteiger partial charge in [0.15, 0.2) is 0 Å². The second-order valence-electron chi connectivity index (χ2n) is 6.58. The SMILES string of the molecule is CCCC(C)C(N)Cc1ccc(C(C)(C)C)cc1. The van der Waals surface area contributed by atoms with Crippen LogP contribution in [0, 0.1) is 5.92 Å². The van der Waals surface area contributed by atoms with Gasteiger partial charge in [-0.25, -0.2) is 0 Å². The molecule has 2 N–H and O–H groups in total. The van der Waals surface area contributed by atoms with Crippen LogP contribution in [0.2, 0.25) is 0 Å². The second kappa shape index (κ2) is 6.38. The van der Waals surface area contributed by atoms with Crippen LogP contribution in [0.4, 0.5) is 0 Å². The van der Waals surface area contributed by atoms with Gasteiger partial charge in [0.1, 0.15) is 0 Å². The minimum atomic E-state index is 0.232. The van der Waals surface area contributed by atoms with Crippen molar-refractivity contribution in [3.8, 4) is 0 Å². The third-order valence-electron chi connectivity index (χ3n) is 3.77. The molecule has 1 heteroatoms. The van der Waals surface area contributed by atoms with Crippen LogP contribution < -0.4 is 5.73 Å². The number of hydrogen-bond donors (Lipinski definition) is 1. The summed E-state index contributed by atoms with van der Waals surface area (Å²) in [4.78, 5) is 0. The smallest absolute Gasteiger partial charge is 0.0105 e. The van der Waals surface area contributed by atoms with Gasteiger partial charge in [-0.2, -0.15) is 0 Å². The van der Waals surface area contributed by atoms with Crippen LogP contribution in [0.1, 0.15) is 58.6 Å². The molecule has 0 fully saturated rings. The lowest BCUT2D eigenvalue weighted by Gasteiger charge is -2.21. The number of nitrogens with two attached hydrogens (primary N) is 1. The molecule has 0 aromatic heterocycles. The molecule has 1 aromatic rings. The van der Waals surface area contributed by atoms with Gasteiger partial charge in [0.05, 0.1) is 0 Å². The predicted octanol–water partition coefficient (Wildman–Crippen LogP) is 4.29. The molecule has 0 aliphatic rings. The minimum absolute atomic E-state index is 0.232. The largest absolute Gasteiger partial charge is 0.327 e. The summed E-state index contributed by atoms with van der Waals surface area (Å²) in [6.45, 7) is 11.2. The van der Waals surface area contributed by atoms with Crippen molar-refractivity contribution in [1.29, 1.82) is 0 Å². The molecule has 1 rings (SSSR count). The molecule has 1 aromatic carbocycles. The highest BCUT2D eigenvalue weighted by molar-refractivity contribution is 5.28. The molecule has 0 saturated carbocycles. The zero-order chi connectivity index (χ0) is 13.8. The van der Waals surface area contributed by atoms with E-state index < -0.39 is 0 Å². The summed E-state index contributed by atoms with van der Waals surface area (Å²) in [5, 5.41) is 0. The summed E-state index contributed by atoms with van der Waals surface area (Å²) >= 11 is 0. The molecule has 0 aliphatic heterocycles. The van der Waals surface area contributed by atoms with Gasteiger partial charge in [-0.1, -0.05) is 65.3 Å². The molecule has 0 saturated heterocycles. The van der Waals surface area contributed by atoms with Crippen molar-refractivity contribution in [2.75, 3.05) is 0 Å². The van der Waals surface area contributed by atoms with Gasteiger partial charge >= 0.3 is 0 Å². The average molecular weight is 247 g/mol. The van der Waals surface area contributed by atoms with Crippen molar-refractivity contribution in [3.63, 3.8) is 0 Å². The van der Waals surface area contributed by atoms with E-state index in [1.54, 1.807) is 0 Å². The topological polar surface area (TPSA) is 26.0 Å². The highest BCUT2D eigenvalue weighted by atomic mass is 14.6. The van der Waals surface area contributed by atoms with Crippen LogP contribution in [0.15, 0.2) is 24.3 Å². The number of hydrogen-bond acceptors (Lipinski definition) is 1. The van der Waals surface area contributed by atoms with E-state index in [9.17, 15) is 0 Å². The molecule has 0 bridgehead atoms. The Kier molecular flexibility index (Phi) is 5.40. The zero-order valence-electron chi connectivity index (χ0n) is 12.7. The van der Waals surface area contributed by atoms with Crippen LogP contribution in [-0.2, 0) is 11.8 Å². The molecule has 0 aliphatic carbocycles. The number of benzene rings is 1. The van der Waals surface area contributed by atoms with Crippen LogP contribution in [0.5, 0.6) is 0 Å². The molecule has 0 amide bonds. The molecule has 2 atom stereocenters. The van der Waals surface area contributed by atoms with Crippen molar-refractivity contribution < 1.29 is 0 Å². The molecule has 0 radical (unpaired) electrons. The first kappa shape index (κ1) is 15.2. The molecule has 1 nitrogen and oxygen atoms in total. The Balaban J connectivity index is 2.64. The van der Waals surface area contributed by atoms with Gasteiger partial charge in [0, 0.05) is 6.04 Å². The Morgan fingerprint density at radius 2 is 1.67 bits per heavy atom. The molecule has 0 spiro atoms. The lowest BCUT2D eigenvalue weighted by Crippen LogP contribution is -2.30. The lowest BCUT2D eigenvalue weighted by molar-refractivity contribution is 0.420. The van der Waals surface area contributed by atoms with Gasteiger partial charge < -0.3 is 5.73 Å². The van der Waals surface area contributed by atoms with Crippen LogP contribution in [0.25, 0.3) is 0 Å². The van der Waals surface area contributed by atoms with E-state index in [1.165, 1.54) is 24.0 Å². The Morgan fingerprint density at radius 1 is 1.11 bits per heavy atom. The van der Waals surface area contributed by atoms with Gasteiger partial charge in [-0.05, 0) is 35.3 Å². The Hall–Kier alpha value is -0.820. The van der Waals surface area contributed by atoms with Crippen LogP contribution >= 0.6 is 0 Å². The van der Waals surface area contributed by atoms with E-state index in [2.05, 4.69) is 58.9 Å². The fourth-order valence-corrected chi connectivity index (χ4v) is 2.28. The first-order valence-electron chi connectivity index (χ1n) is 7.19. The van der Waals surface area contributed by atoms with Gasteiger partial charge in [-0.3, -0.25) is 0 Å². The van der Waals surface area contributed by atoms with E-state index in [0.717, 1.165) is 6.42 Å². The summed E-state index contributed by atoms with van der Waals surface area (Å²) in [5.41, 5.74) is 9.24. The summed E-state index contributed by atoms with van der Waals surface area (Å²) in [5.74, 6) is 0.609. The standard InChI is InChI=1S/C17H29N/c1-6-7-13(2)16(18)12-14-8-10-15(11-9-14)17(3,4)5/h8-11,13,16H,6-7,12,18H2,1-5H3. The first-order chi connectivity index (χ1) is 8.34. The van der Waals surface area contributed by atoms with Crippen molar-refractivity contribution in [1.82, 2.24) is 0 Å². The first-order valence-corrected chi connectivity index (χ1v) is 7.19. The van der Waals surface area contributed by atoms with Gasteiger partial charge in [0.2, 0.25) is 0 Å². The molecular formula is C17H29N. The van der Waals surface area contributed by atoms with Crippen molar-refractivity contribution in [3.05, 3.63) is 35.4 Å². The van der Waals surface area contributed by atoms with Crippen molar-refractivity contribution in [2.45, 2.75) is 65.3 Å². The Morgan fingerprint density at radius 3 is 2.11 bits per heavy atom. The van der Waals surface area contributed by atoms with Gasteiger partial charge in [-0.15, -0.1) is 0 Å². The molecule has 18 heavy (non-hydrogen) atoms. The molecular weight excluding hydrogens is 218 g/mol. The second-order valence-corrected chi connectivity index (χ2v) is 6.58. The lowest BCUT2D eigenvalue weighted by atomic mass is 9.85. The summed E-state index contributed by atoms with van der Waals surface area (Å²) in [6, 6.07) is 9.24. The van der Waals surface area contributed by atoms with Gasteiger partial charge in [0.25, 0.3) is 0 Å². The fraction of sp³-hybridized carbons (Fsp3) is 0.647. The maximum absolute atomic E-state index is 6.26. The van der Waals surface area contributed by atoms with Crippen LogP contribution in [0.3, 0.4) is 0 Å². The maximum Gasteiger partial charge on any atom is 0.0105 e. The third-order valence-corrected chi connectivity index (χ3v) is 3.77. The molecule has 0 heterocycles. The summed E-state index contributed by atoms with van der Waals surface area (Å²) in [6.07, 6.45) is 3.44. The van der Waals surface area contributed by atoms with E-state index in [4.69, 9.17) is 5.73 Å². The maximum atomic E-state index is 6.26. The Labute approximate surface area is 113 Å². The highest BCUT2D eigenvalue weighted by Gasteiger charge is 2.15. The fourth-order valence-electron chi connectivity index (χ4n) is 2.28. The molecule has 102 valence electrons. The Bertz CT molecular complexity index is 345. The summed E-state index contributed by atoms with van der Waals surface area (Å²) in [7, 11) is 0. The quantitative estimate of drug-likeness (QED) is 0.825. The van der Waals surface area contributed by atoms with Crippen molar-refractivity contribution in [2.24, 2.45) is 11.7 Å². The molecule has 2 unspecified atom stereocenters. The van der Waals surface area contributed by atoms with Crippen molar-refractivity contribution >= 4 is 0 Å². The minimum Gasteiger partial charge on any atom is -0.327 e. The number of rotatable bonds is 5. The third kappa shape index (κ3) is 4.45. The van der Waals surface area contributed by atoms with Crippen LogP contribution in [-0.4, -0.2) is 6.04 Å². The summed E-state index contributed by atoms with van der Waals surface area (Å²) < 4.78 is 0. The zero-order valence-corrected chi connectivity index (χ0v) is 12.7. The van der Waals surface area contributed by atoms with E-state index in [1.807, 2.05) is 0 Å². The predicted molar refractivity (Wildman–Crippen MR) is 80.9 cm³/mol. The normalized spacial score (nSPS) is 15.4. The average Bonchev–Trinajstić information content (AvgIpc) is 2.28. The monoisotopic (exact) mass is 247 g/mol. The van der Waals surface area contributed by atoms with E-state index in [0.29, 0.717) is 5.92 Å². The highest BCUT2D eigenvalue weighted by Crippen LogP contribution is 2.23. The van der Waals surface area contributed by atoms with E-state index in [-0.39, 0.29) is 11.5 Å². The van der Waals surface area contributed by atoms with E-state index >= 15 is 0 Å².